The molecule has 4 aromatic rings. The van der Waals surface area contributed by atoms with Gasteiger partial charge in [-0.1, -0.05) is 0 Å². The maximum absolute atomic E-state index is 12.9. The number of anilines is 6. The zero-order chi connectivity index (χ0) is 40.9. The SMILES string of the molecule is Cc1cc(I)ccc1Nc1nc(NCCN2CCOC(CCOc3nc(NCCN4CCOCC4)nc(Nc4ccc([N+](=O)[O-])cc4)n3)C2)nc(OCC(F)(F)F)n1. The highest BCUT2D eigenvalue weighted by Gasteiger charge is 2.29. The van der Waals surface area contributed by atoms with Gasteiger partial charge in [0.1, 0.15) is 0 Å². The molecule has 2 aromatic carbocycles. The van der Waals surface area contributed by atoms with Crippen LogP contribution in [0.25, 0.3) is 0 Å². The van der Waals surface area contributed by atoms with Crippen molar-refractivity contribution in [3.8, 4) is 12.0 Å². The van der Waals surface area contributed by atoms with E-state index in [4.69, 9.17) is 18.9 Å². The molecule has 2 aromatic heterocycles. The summed E-state index contributed by atoms with van der Waals surface area (Å²) in [6.07, 6.45) is -4.20. The van der Waals surface area contributed by atoms with Crippen LogP contribution in [-0.4, -0.2) is 142 Å². The van der Waals surface area contributed by atoms with E-state index in [1.54, 1.807) is 12.1 Å². The molecule has 1 unspecified atom stereocenters. The van der Waals surface area contributed by atoms with Crippen LogP contribution in [0, 0.1) is 20.6 Å². The highest BCUT2D eigenvalue weighted by molar-refractivity contribution is 14.1. The van der Waals surface area contributed by atoms with Gasteiger partial charge in [0.25, 0.3) is 5.69 Å². The van der Waals surface area contributed by atoms with Crippen molar-refractivity contribution in [1.29, 1.82) is 0 Å². The van der Waals surface area contributed by atoms with Crippen molar-refractivity contribution in [3.05, 3.63) is 61.7 Å². The molecule has 19 nitrogen and oxygen atoms in total. The Hall–Kier alpha value is -4.98. The van der Waals surface area contributed by atoms with E-state index in [0.717, 1.165) is 28.8 Å². The number of benzene rings is 2. The molecule has 0 spiro atoms. The first-order chi connectivity index (χ1) is 27.9. The second-order valence-electron chi connectivity index (χ2n) is 13.2. The molecule has 2 aliphatic rings. The van der Waals surface area contributed by atoms with Crippen LogP contribution >= 0.6 is 22.6 Å². The Morgan fingerprint density at radius 2 is 1.47 bits per heavy atom. The summed E-state index contributed by atoms with van der Waals surface area (Å²) in [7, 11) is 0. The molecule has 0 saturated carbocycles. The summed E-state index contributed by atoms with van der Waals surface area (Å²) in [5.41, 5.74) is 2.10. The largest absolute Gasteiger partial charge is 0.463 e. The molecule has 1 atom stereocenters. The van der Waals surface area contributed by atoms with Crippen LogP contribution in [0.15, 0.2) is 42.5 Å². The average molecular weight is 926 g/mol. The molecule has 0 amide bonds. The number of rotatable bonds is 19. The highest BCUT2D eigenvalue weighted by atomic mass is 127. The lowest BCUT2D eigenvalue weighted by Crippen LogP contribution is -2.44. The lowest BCUT2D eigenvalue weighted by atomic mass is 10.2. The minimum atomic E-state index is -4.57. The molecular weight excluding hydrogens is 882 g/mol. The van der Waals surface area contributed by atoms with Gasteiger partial charge in [-0.25, -0.2) is 0 Å². The van der Waals surface area contributed by atoms with Gasteiger partial charge in [-0.3, -0.25) is 19.9 Å². The smallest absolute Gasteiger partial charge is 0.422 e. The molecule has 23 heteroatoms. The number of halogens is 4. The number of nitro benzene ring substituents is 1. The minimum absolute atomic E-state index is 0.0359. The number of non-ortho nitro benzene ring substituents is 1. The van der Waals surface area contributed by atoms with E-state index >= 15 is 0 Å². The third-order valence-electron chi connectivity index (χ3n) is 8.78. The summed E-state index contributed by atoms with van der Waals surface area (Å²) in [5, 5.41) is 23.5. The Labute approximate surface area is 345 Å². The maximum Gasteiger partial charge on any atom is 0.422 e. The monoisotopic (exact) mass is 925 g/mol. The van der Waals surface area contributed by atoms with Crippen molar-refractivity contribution in [2.75, 3.05) is 107 Å². The zero-order valence-corrected chi connectivity index (χ0v) is 33.7. The first-order valence-electron chi connectivity index (χ1n) is 18.4. The molecule has 312 valence electrons. The van der Waals surface area contributed by atoms with Crippen LogP contribution < -0.4 is 30.7 Å². The second-order valence-corrected chi connectivity index (χ2v) is 14.4. The van der Waals surface area contributed by atoms with Gasteiger partial charge in [-0.05, 0) is 65.4 Å². The first kappa shape index (κ1) is 42.6. The molecule has 58 heavy (non-hydrogen) atoms. The van der Waals surface area contributed by atoms with Crippen LogP contribution in [0.1, 0.15) is 12.0 Å². The molecule has 6 rings (SSSR count). The summed E-state index contributed by atoms with van der Waals surface area (Å²) < 4.78 is 62.1. The Kier molecular flexibility index (Phi) is 15.2. The van der Waals surface area contributed by atoms with Gasteiger partial charge in [0, 0.05) is 85.9 Å². The Bertz CT molecular complexity index is 1960. The molecule has 0 radical (unpaired) electrons. The Morgan fingerprint density at radius 3 is 2.12 bits per heavy atom. The van der Waals surface area contributed by atoms with E-state index in [-0.39, 0.29) is 42.3 Å². The van der Waals surface area contributed by atoms with Crippen molar-refractivity contribution in [2.45, 2.75) is 25.6 Å². The fourth-order valence-corrected chi connectivity index (χ4v) is 6.50. The van der Waals surface area contributed by atoms with Crippen molar-refractivity contribution in [1.82, 2.24) is 39.7 Å². The van der Waals surface area contributed by atoms with Crippen LogP contribution in [0.4, 0.5) is 54.0 Å². The van der Waals surface area contributed by atoms with E-state index in [0.29, 0.717) is 76.3 Å². The summed E-state index contributed by atoms with van der Waals surface area (Å²) in [6, 6.07) is 11.2. The maximum atomic E-state index is 12.9. The van der Waals surface area contributed by atoms with E-state index < -0.39 is 23.7 Å². The molecule has 2 fully saturated rings. The molecular formula is C35H43F3IN13O6. The standard InChI is InChI=1S/C35H43F3IN13O6/c1-23-20-24(39)2-7-28(23)43-32-45-30(47-34(49-32)58-22-35(36,37)38)41-10-12-51-15-19-56-27(21-51)8-16-57-33-46-29(40-9-11-50-13-17-55-18-14-50)44-31(48-33)42-25-3-5-26(6-4-25)52(53)54/h2-7,20,27H,8-19,21-22H2,1H3,(H2,40,42,44,46,48)(H2,41,43,45,47,49). The van der Waals surface area contributed by atoms with Crippen LogP contribution in [0.5, 0.6) is 12.0 Å². The van der Waals surface area contributed by atoms with Crippen molar-refractivity contribution < 1.29 is 37.0 Å². The van der Waals surface area contributed by atoms with Crippen molar-refractivity contribution in [2.24, 2.45) is 0 Å². The molecule has 4 N–H and O–H groups in total. The van der Waals surface area contributed by atoms with Gasteiger partial charge < -0.3 is 40.2 Å². The summed E-state index contributed by atoms with van der Waals surface area (Å²) >= 11 is 2.19. The van der Waals surface area contributed by atoms with Crippen LogP contribution in [0.3, 0.4) is 0 Å². The third kappa shape index (κ3) is 13.8. The normalized spacial score (nSPS) is 16.4. The summed E-state index contributed by atoms with van der Waals surface area (Å²) in [6.45, 7) is 7.69. The van der Waals surface area contributed by atoms with Gasteiger partial charge in [-0.2, -0.15) is 43.1 Å². The lowest BCUT2D eigenvalue weighted by Gasteiger charge is -2.32. The number of nitrogens with zero attached hydrogens (tertiary/aromatic N) is 9. The lowest BCUT2D eigenvalue weighted by molar-refractivity contribution is -0.384. The first-order valence-corrected chi connectivity index (χ1v) is 19.5. The summed E-state index contributed by atoms with van der Waals surface area (Å²) in [5.74, 6) is 0.602. The van der Waals surface area contributed by atoms with Gasteiger partial charge in [-0.15, -0.1) is 0 Å². The number of aromatic nitrogens is 6. The highest BCUT2D eigenvalue weighted by Crippen LogP contribution is 2.24. The number of nitro groups is 1. The number of morpholine rings is 2. The number of hydrogen-bond donors (Lipinski definition) is 4. The zero-order valence-electron chi connectivity index (χ0n) is 31.5. The predicted molar refractivity (Wildman–Crippen MR) is 215 cm³/mol. The van der Waals surface area contributed by atoms with Crippen molar-refractivity contribution >= 4 is 63.4 Å². The van der Waals surface area contributed by atoms with Crippen LogP contribution in [-0.2, 0) is 9.47 Å². The quantitative estimate of drug-likeness (QED) is 0.0574. The second kappa shape index (κ2) is 20.6. The van der Waals surface area contributed by atoms with Crippen molar-refractivity contribution in [3.63, 3.8) is 0 Å². The van der Waals surface area contributed by atoms with Gasteiger partial charge in [0.2, 0.25) is 23.8 Å². The number of nitrogens with one attached hydrogen (secondary N) is 4. The minimum Gasteiger partial charge on any atom is -0.463 e. The topological polar surface area (TPSA) is 212 Å². The average Bonchev–Trinajstić information content (AvgIpc) is 3.19. The van der Waals surface area contributed by atoms with E-state index in [1.165, 1.54) is 12.1 Å². The van der Waals surface area contributed by atoms with Gasteiger partial charge >= 0.3 is 18.2 Å². The fraction of sp³-hybridized carbons (Fsp3) is 0.486. The molecule has 4 heterocycles. The van der Waals surface area contributed by atoms with Gasteiger partial charge in [0.05, 0.1) is 37.5 Å². The fourth-order valence-electron chi connectivity index (χ4n) is 5.86. The molecule has 2 saturated heterocycles. The molecule has 2 aliphatic heterocycles. The van der Waals surface area contributed by atoms with Gasteiger partial charge in [0.15, 0.2) is 6.61 Å². The summed E-state index contributed by atoms with van der Waals surface area (Å²) in [4.78, 5) is 40.9. The van der Waals surface area contributed by atoms with E-state index in [2.05, 4.69) is 83.6 Å². The molecule has 0 bridgehead atoms. The Morgan fingerprint density at radius 1 is 0.845 bits per heavy atom. The van der Waals surface area contributed by atoms with Crippen LogP contribution in [0.2, 0.25) is 0 Å². The number of alkyl halides is 3. The third-order valence-corrected chi connectivity index (χ3v) is 9.45. The van der Waals surface area contributed by atoms with E-state index in [9.17, 15) is 23.3 Å². The predicted octanol–water partition coefficient (Wildman–Crippen LogP) is 4.63. The molecule has 0 aliphatic carbocycles. The number of ether oxygens (including phenoxy) is 4. The Balaban J connectivity index is 1.02. The van der Waals surface area contributed by atoms with E-state index in [1.807, 2.05) is 25.1 Å². The number of aryl methyl sites for hydroxylation is 1. The number of hydrogen-bond acceptors (Lipinski definition) is 18.